The fraction of sp³-hybridized carbons (Fsp3) is 0.160. The summed E-state index contributed by atoms with van der Waals surface area (Å²) < 4.78 is 25.2. The Labute approximate surface area is 179 Å². The monoisotopic (exact) mass is 421 g/mol. The fourth-order valence-electron chi connectivity index (χ4n) is 2.73. The van der Waals surface area contributed by atoms with E-state index in [1.165, 1.54) is 12.1 Å². The van der Waals surface area contributed by atoms with Crippen LogP contribution in [-0.2, 0) is 20.4 Å². The van der Waals surface area contributed by atoms with E-state index in [2.05, 4.69) is 5.92 Å². The fourth-order valence-corrected chi connectivity index (χ4v) is 4.83. The van der Waals surface area contributed by atoms with Gasteiger partial charge >= 0.3 is 5.97 Å². The Balaban J connectivity index is 1.82. The van der Waals surface area contributed by atoms with Crippen LogP contribution in [0.15, 0.2) is 93.5 Å². The molecule has 0 aliphatic heterocycles. The Hall–Kier alpha value is -3.23. The Morgan fingerprint density at radius 1 is 0.967 bits per heavy atom. The van der Waals surface area contributed by atoms with Crippen LogP contribution in [0.25, 0.3) is 0 Å². The van der Waals surface area contributed by atoms with Crippen molar-refractivity contribution >= 4 is 16.9 Å². The normalized spacial score (nSPS) is 11.0. The molecule has 0 bridgehead atoms. The number of terminal acetylenes is 1. The van der Waals surface area contributed by atoms with E-state index < -0.39 is 34.9 Å². The van der Waals surface area contributed by atoms with E-state index in [0.29, 0.717) is 0 Å². The number of hydrogen-bond donors (Lipinski definition) is 0. The van der Waals surface area contributed by atoms with Gasteiger partial charge in [-0.15, -0.1) is 6.42 Å². The second kappa shape index (κ2) is 9.51. The Bertz CT molecular complexity index is 1000. The van der Waals surface area contributed by atoms with Gasteiger partial charge in [0.05, 0.1) is 10.9 Å². The molecule has 0 heterocycles. The Kier molecular flexibility index (Phi) is 6.81. The van der Waals surface area contributed by atoms with E-state index >= 15 is 0 Å². The number of rotatable bonds is 7. The minimum atomic E-state index is -1.04. The van der Waals surface area contributed by atoms with Gasteiger partial charge in [0.1, 0.15) is 0 Å². The predicted octanol–water partition coefficient (Wildman–Crippen LogP) is 5.25. The van der Waals surface area contributed by atoms with E-state index in [-0.39, 0.29) is 5.75 Å². The molecule has 3 nitrogen and oxygen atoms in total. The molecule has 0 aliphatic carbocycles. The topological polar surface area (TPSA) is 35.5 Å². The molecule has 0 aliphatic rings. The van der Waals surface area contributed by atoms with Crippen molar-refractivity contribution in [1.82, 2.24) is 0 Å². The first kappa shape index (κ1) is 21.5. The van der Waals surface area contributed by atoms with E-state index in [0.717, 1.165) is 14.7 Å². The lowest BCUT2D eigenvalue weighted by Crippen LogP contribution is -2.29. The molecule has 152 valence electrons. The Morgan fingerprint density at radius 3 is 2.03 bits per heavy atom. The van der Waals surface area contributed by atoms with Crippen molar-refractivity contribution in [2.45, 2.75) is 34.1 Å². The first-order chi connectivity index (χ1) is 14.4. The van der Waals surface area contributed by atoms with Gasteiger partial charge in [0.15, 0.2) is 38.5 Å². The lowest BCUT2D eigenvalue weighted by molar-refractivity contribution is -0.154. The summed E-state index contributed by atoms with van der Waals surface area (Å²) in [5.41, 5.74) is -1.04. The van der Waals surface area contributed by atoms with E-state index in [9.17, 15) is 9.18 Å². The van der Waals surface area contributed by atoms with Crippen LogP contribution in [0, 0.1) is 18.2 Å². The van der Waals surface area contributed by atoms with Gasteiger partial charge < -0.3 is 9.47 Å². The van der Waals surface area contributed by atoms with Gasteiger partial charge in [0.2, 0.25) is 0 Å². The van der Waals surface area contributed by atoms with Crippen LogP contribution in [-0.4, -0.2) is 18.2 Å². The van der Waals surface area contributed by atoms with Crippen LogP contribution in [0.3, 0.4) is 0 Å². The average molecular weight is 422 g/mol. The second-order valence-corrected chi connectivity index (χ2v) is 8.97. The number of hydrogen-bond acceptors (Lipinski definition) is 3. The lowest BCUT2D eigenvalue weighted by Gasteiger charge is -2.18. The highest BCUT2D eigenvalue weighted by Gasteiger charge is 2.29. The van der Waals surface area contributed by atoms with Crippen molar-refractivity contribution in [3.8, 4) is 18.1 Å². The molecule has 3 aromatic rings. The van der Waals surface area contributed by atoms with Crippen LogP contribution in [0.4, 0.5) is 4.39 Å². The maximum Gasteiger partial charge on any atom is 0.345 e. The lowest BCUT2D eigenvalue weighted by atomic mass is 10.1. The molecule has 0 atom stereocenters. The third-order valence-corrected chi connectivity index (χ3v) is 6.37. The molecule has 5 heteroatoms. The molecule has 3 rings (SSSR count). The zero-order chi connectivity index (χ0) is 21.6. The number of benzene rings is 3. The molecule has 0 unspecified atom stereocenters. The van der Waals surface area contributed by atoms with Crippen molar-refractivity contribution in [2.24, 2.45) is 0 Å². The summed E-state index contributed by atoms with van der Waals surface area (Å²) in [7, 11) is -0.470. The number of esters is 1. The van der Waals surface area contributed by atoms with Crippen LogP contribution in [0.5, 0.6) is 5.75 Å². The van der Waals surface area contributed by atoms with Gasteiger partial charge in [0, 0.05) is 6.07 Å². The zero-order valence-electron chi connectivity index (χ0n) is 16.8. The van der Waals surface area contributed by atoms with Crippen LogP contribution in [0.1, 0.15) is 13.8 Å². The molecule has 30 heavy (non-hydrogen) atoms. The second-order valence-electron chi connectivity index (χ2n) is 6.94. The van der Waals surface area contributed by atoms with Gasteiger partial charge in [0.25, 0.3) is 0 Å². The average Bonchev–Trinajstić information content (AvgIpc) is 2.74. The number of ether oxygens (including phenoxy) is 2. The van der Waals surface area contributed by atoms with Crippen molar-refractivity contribution in [3.63, 3.8) is 0 Å². The SMILES string of the molecule is C#CC(C)(C)OC(=O)COc1ccc([S+](c2ccccc2)c2ccccc2)cc1F. The van der Waals surface area contributed by atoms with Gasteiger partial charge in [-0.2, -0.15) is 0 Å². The van der Waals surface area contributed by atoms with Gasteiger partial charge in [-0.1, -0.05) is 42.3 Å². The molecule has 3 aromatic carbocycles. The molecular formula is C25H22FO3S+. The number of carbonyl (C=O) groups excluding carboxylic acids is 1. The quantitative estimate of drug-likeness (QED) is 0.297. The summed E-state index contributed by atoms with van der Waals surface area (Å²) in [5.74, 6) is 1.15. The highest BCUT2D eigenvalue weighted by molar-refractivity contribution is 7.97. The molecule has 0 N–H and O–H groups in total. The molecular weight excluding hydrogens is 399 g/mol. The summed E-state index contributed by atoms with van der Waals surface area (Å²) in [4.78, 5) is 14.9. The third kappa shape index (κ3) is 5.43. The first-order valence-corrected chi connectivity index (χ1v) is 10.6. The van der Waals surface area contributed by atoms with Crippen LogP contribution in [0.2, 0.25) is 0 Å². The smallest absolute Gasteiger partial charge is 0.345 e. The van der Waals surface area contributed by atoms with Crippen molar-refractivity contribution in [2.75, 3.05) is 6.61 Å². The molecule has 0 spiro atoms. The number of carbonyl (C=O) groups is 1. The van der Waals surface area contributed by atoms with Gasteiger partial charge in [-0.05, 0) is 50.2 Å². The predicted molar refractivity (Wildman–Crippen MR) is 116 cm³/mol. The minimum Gasteiger partial charge on any atom is -0.479 e. The largest absolute Gasteiger partial charge is 0.479 e. The zero-order valence-corrected chi connectivity index (χ0v) is 17.6. The van der Waals surface area contributed by atoms with E-state index in [1.54, 1.807) is 13.8 Å². The molecule has 0 saturated heterocycles. The minimum absolute atomic E-state index is 0.0149. The van der Waals surface area contributed by atoms with Crippen LogP contribution >= 0.6 is 0 Å². The maximum atomic E-state index is 14.8. The van der Waals surface area contributed by atoms with E-state index in [4.69, 9.17) is 15.9 Å². The summed E-state index contributed by atoms with van der Waals surface area (Å²) >= 11 is 0. The molecule has 0 aromatic heterocycles. The summed E-state index contributed by atoms with van der Waals surface area (Å²) in [5, 5.41) is 0. The van der Waals surface area contributed by atoms with Crippen LogP contribution < -0.4 is 4.74 Å². The first-order valence-electron chi connectivity index (χ1n) is 9.36. The van der Waals surface area contributed by atoms with Gasteiger partial charge in [-0.25, -0.2) is 9.18 Å². The van der Waals surface area contributed by atoms with Crippen molar-refractivity contribution in [3.05, 3.63) is 84.7 Å². The molecule has 0 radical (unpaired) electrons. The maximum absolute atomic E-state index is 14.8. The molecule has 0 amide bonds. The highest BCUT2D eigenvalue weighted by Crippen LogP contribution is 2.33. The molecule has 0 saturated carbocycles. The molecule has 0 fully saturated rings. The van der Waals surface area contributed by atoms with Crippen molar-refractivity contribution < 1.29 is 18.7 Å². The summed E-state index contributed by atoms with van der Waals surface area (Å²) in [6.45, 7) is 2.76. The number of halogens is 1. The van der Waals surface area contributed by atoms with E-state index in [1.807, 2.05) is 66.7 Å². The highest BCUT2D eigenvalue weighted by atomic mass is 32.2. The van der Waals surface area contributed by atoms with Crippen molar-refractivity contribution in [1.29, 1.82) is 0 Å². The standard InChI is InChI=1S/C25H22FO3S/c1-4-25(2,3)29-24(27)18-28-23-16-15-21(17-22(23)26)30(19-11-7-5-8-12-19)20-13-9-6-10-14-20/h1,5-17H,18H2,2-3H3/q+1. The third-order valence-electron chi connectivity index (χ3n) is 4.16. The van der Waals surface area contributed by atoms with Gasteiger partial charge in [-0.3, -0.25) is 0 Å². The Morgan fingerprint density at radius 2 is 1.53 bits per heavy atom. The summed E-state index contributed by atoms with van der Waals surface area (Å²) in [6, 6.07) is 24.7. The summed E-state index contributed by atoms with van der Waals surface area (Å²) in [6.07, 6.45) is 5.30.